The van der Waals surface area contributed by atoms with E-state index in [1.54, 1.807) is 10.6 Å². The van der Waals surface area contributed by atoms with Crippen molar-refractivity contribution in [3.63, 3.8) is 0 Å². The minimum absolute atomic E-state index is 0.0221. The standard InChI is InChI=1S/C28H31ClFN9O4/c1-36-8-10-37(11-9-36)7-6-25(40)43-16-38-27(41)22(34-28(38)42)12-17-15-31-39-24(32-19-3-4-19)14-23(35-26(17)39)33-21-13-18(29)2-5-20(21)30/h2,5,12-15,19,32H,3-4,6-11,16H2,1H3,(H,33,35)(H,34,42)/b22-12-. The molecule has 3 amide bonds. The van der Waals surface area contributed by atoms with Crippen molar-refractivity contribution in [3.05, 3.63) is 52.6 Å². The summed E-state index contributed by atoms with van der Waals surface area (Å²) >= 11 is 6.06. The van der Waals surface area contributed by atoms with Crippen LogP contribution < -0.4 is 16.0 Å². The van der Waals surface area contributed by atoms with Gasteiger partial charge in [0.15, 0.2) is 12.4 Å². The summed E-state index contributed by atoms with van der Waals surface area (Å²) in [6.07, 6.45) is 5.14. The van der Waals surface area contributed by atoms with Crippen molar-refractivity contribution in [1.29, 1.82) is 0 Å². The monoisotopic (exact) mass is 611 g/mol. The summed E-state index contributed by atoms with van der Waals surface area (Å²) in [5, 5.41) is 13.6. The first-order valence-electron chi connectivity index (χ1n) is 14.0. The second-order valence-corrected chi connectivity index (χ2v) is 11.2. The van der Waals surface area contributed by atoms with Crippen LogP contribution in [0.3, 0.4) is 0 Å². The Hall–Kier alpha value is -4.27. The molecule has 1 aromatic carbocycles. The van der Waals surface area contributed by atoms with Crippen molar-refractivity contribution >= 4 is 58.6 Å². The van der Waals surface area contributed by atoms with Crippen molar-refractivity contribution in [1.82, 2.24) is 34.6 Å². The molecule has 0 bridgehead atoms. The van der Waals surface area contributed by atoms with Crippen LogP contribution in [0.5, 0.6) is 0 Å². The van der Waals surface area contributed by atoms with E-state index in [4.69, 9.17) is 16.3 Å². The first-order chi connectivity index (χ1) is 20.7. The SMILES string of the molecule is CN1CCN(CCC(=O)OCN2C(=O)N/C(=C\c3cnn4c(NC5CC5)cc(Nc5cc(Cl)ccc5F)nc34)C2=O)CC1. The zero-order chi connectivity index (χ0) is 30.1. The van der Waals surface area contributed by atoms with E-state index in [1.807, 2.05) is 0 Å². The Kier molecular flexibility index (Phi) is 8.15. The average Bonchev–Trinajstić information content (AvgIpc) is 3.65. The third kappa shape index (κ3) is 6.71. The molecule has 226 valence electrons. The number of carbonyl (C=O) groups excluding carboxylic acids is 3. The first-order valence-corrected chi connectivity index (χ1v) is 14.4. The lowest BCUT2D eigenvalue weighted by molar-refractivity contribution is -0.149. The van der Waals surface area contributed by atoms with Gasteiger partial charge in [0.05, 0.1) is 18.3 Å². The maximum Gasteiger partial charge on any atom is 0.331 e. The Labute approximate surface area is 251 Å². The number of amides is 3. The van der Waals surface area contributed by atoms with Crippen LogP contribution in [0.4, 0.5) is 26.5 Å². The number of aromatic nitrogens is 3. The predicted octanol–water partition coefficient (Wildman–Crippen LogP) is 2.87. The van der Waals surface area contributed by atoms with Crippen molar-refractivity contribution in [2.45, 2.75) is 25.3 Å². The molecular formula is C28H31ClFN9O4. The number of carbonyl (C=O) groups is 3. The Morgan fingerprint density at radius 2 is 2.00 bits per heavy atom. The molecule has 6 rings (SSSR count). The van der Waals surface area contributed by atoms with Crippen molar-refractivity contribution in [3.8, 4) is 0 Å². The summed E-state index contributed by atoms with van der Waals surface area (Å²) < 4.78 is 21.3. The number of benzene rings is 1. The van der Waals surface area contributed by atoms with Crippen molar-refractivity contribution in [2.75, 3.05) is 57.1 Å². The van der Waals surface area contributed by atoms with Gasteiger partial charge in [0.2, 0.25) is 0 Å². The number of piperazine rings is 1. The third-order valence-electron chi connectivity index (χ3n) is 7.46. The van der Waals surface area contributed by atoms with Crippen LogP contribution in [0.1, 0.15) is 24.8 Å². The van der Waals surface area contributed by atoms with Gasteiger partial charge in [0.25, 0.3) is 5.91 Å². The number of imide groups is 1. The highest BCUT2D eigenvalue weighted by Gasteiger charge is 2.35. The molecule has 0 radical (unpaired) electrons. The van der Waals surface area contributed by atoms with E-state index in [-0.39, 0.29) is 23.8 Å². The molecule has 1 saturated carbocycles. The molecule has 3 fully saturated rings. The molecule has 3 aliphatic rings. The van der Waals surface area contributed by atoms with E-state index in [9.17, 15) is 18.8 Å². The van der Waals surface area contributed by atoms with Crippen LogP contribution >= 0.6 is 11.6 Å². The molecular weight excluding hydrogens is 581 g/mol. The highest BCUT2D eigenvalue weighted by molar-refractivity contribution is 6.30. The largest absolute Gasteiger partial charge is 0.444 e. The van der Waals surface area contributed by atoms with E-state index in [1.165, 1.54) is 30.5 Å². The van der Waals surface area contributed by atoms with Gasteiger partial charge < -0.3 is 30.5 Å². The lowest BCUT2D eigenvalue weighted by Crippen LogP contribution is -2.45. The summed E-state index contributed by atoms with van der Waals surface area (Å²) in [7, 11) is 2.06. The molecule has 2 aliphatic heterocycles. The number of esters is 1. The number of ether oxygens (including phenoxy) is 1. The number of hydrogen-bond donors (Lipinski definition) is 3. The van der Waals surface area contributed by atoms with Gasteiger partial charge in [0.1, 0.15) is 23.1 Å². The maximum atomic E-state index is 14.4. The minimum atomic E-state index is -0.706. The van der Waals surface area contributed by atoms with E-state index in [0.29, 0.717) is 34.4 Å². The van der Waals surface area contributed by atoms with Gasteiger partial charge in [0, 0.05) is 55.4 Å². The number of urea groups is 1. The number of likely N-dealkylation sites (N-methyl/N-ethyl adjacent to an activating group) is 1. The van der Waals surface area contributed by atoms with Crippen LogP contribution in [-0.2, 0) is 14.3 Å². The van der Waals surface area contributed by atoms with Gasteiger partial charge in [-0.3, -0.25) is 9.59 Å². The molecule has 43 heavy (non-hydrogen) atoms. The summed E-state index contributed by atoms with van der Waals surface area (Å²) in [5.41, 5.74) is 0.918. The Bertz CT molecular complexity index is 1600. The smallest absolute Gasteiger partial charge is 0.331 e. The van der Waals surface area contributed by atoms with Crippen LogP contribution in [0, 0.1) is 5.82 Å². The van der Waals surface area contributed by atoms with E-state index < -0.39 is 30.5 Å². The summed E-state index contributed by atoms with van der Waals surface area (Å²) in [6.45, 7) is 3.67. The molecule has 0 unspecified atom stereocenters. The Morgan fingerprint density at radius 1 is 1.21 bits per heavy atom. The molecule has 0 spiro atoms. The molecule has 2 saturated heterocycles. The van der Waals surface area contributed by atoms with Gasteiger partial charge in [-0.15, -0.1) is 0 Å². The lowest BCUT2D eigenvalue weighted by atomic mass is 10.2. The number of fused-ring (bicyclic) bond motifs is 1. The average molecular weight is 612 g/mol. The van der Waals surface area contributed by atoms with Crippen LogP contribution in [0.2, 0.25) is 5.02 Å². The van der Waals surface area contributed by atoms with Crippen molar-refractivity contribution < 1.29 is 23.5 Å². The van der Waals surface area contributed by atoms with Gasteiger partial charge >= 0.3 is 12.0 Å². The molecule has 15 heteroatoms. The van der Waals surface area contributed by atoms with Gasteiger partial charge in [-0.2, -0.15) is 9.61 Å². The maximum absolute atomic E-state index is 14.4. The number of rotatable bonds is 10. The molecule has 3 aromatic rings. The second-order valence-electron chi connectivity index (χ2n) is 10.8. The number of nitrogens with zero attached hydrogens (tertiary/aromatic N) is 6. The number of nitrogens with one attached hydrogen (secondary N) is 3. The molecule has 3 N–H and O–H groups in total. The zero-order valence-electron chi connectivity index (χ0n) is 23.5. The van der Waals surface area contributed by atoms with Crippen LogP contribution in [0.15, 0.2) is 36.2 Å². The highest BCUT2D eigenvalue weighted by Crippen LogP contribution is 2.30. The minimum Gasteiger partial charge on any atom is -0.444 e. The molecule has 13 nitrogen and oxygen atoms in total. The lowest BCUT2D eigenvalue weighted by Gasteiger charge is -2.32. The van der Waals surface area contributed by atoms with Gasteiger partial charge in [-0.25, -0.2) is 19.1 Å². The van der Waals surface area contributed by atoms with Crippen molar-refractivity contribution in [2.24, 2.45) is 0 Å². The second kappa shape index (κ2) is 12.1. The van der Waals surface area contributed by atoms with Gasteiger partial charge in [-0.1, -0.05) is 11.6 Å². The van der Waals surface area contributed by atoms with E-state index in [2.05, 4.69) is 42.9 Å². The number of hydrogen-bond acceptors (Lipinski definition) is 10. The number of halogens is 2. The van der Waals surface area contributed by atoms with Crippen LogP contribution in [0.25, 0.3) is 11.7 Å². The van der Waals surface area contributed by atoms with Gasteiger partial charge in [-0.05, 0) is 44.2 Å². The third-order valence-corrected chi connectivity index (χ3v) is 7.70. The summed E-state index contributed by atoms with van der Waals surface area (Å²) in [6, 6.07) is 5.44. The summed E-state index contributed by atoms with van der Waals surface area (Å²) in [4.78, 5) is 47.8. The molecule has 1 aliphatic carbocycles. The highest BCUT2D eigenvalue weighted by atomic mass is 35.5. The normalized spacial score (nSPS) is 18.9. The predicted molar refractivity (Wildman–Crippen MR) is 157 cm³/mol. The first kappa shape index (κ1) is 28.8. The molecule has 2 aromatic heterocycles. The Balaban J connectivity index is 1.16. The quantitative estimate of drug-likeness (QED) is 0.178. The van der Waals surface area contributed by atoms with E-state index in [0.717, 1.165) is 43.9 Å². The molecule has 0 atom stereocenters. The fourth-order valence-corrected chi connectivity index (χ4v) is 4.96. The number of anilines is 3. The van der Waals surface area contributed by atoms with E-state index >= 15 is 0 Å². The fourth-order valence-electron chi connectivity index (χ4n) is 4.79. The van der Waals surface area contributed by atoms with Crippen LogP contribution in [-0.4, -0.2) is 99.7 Å². The molecule has 4 heterocycles. The fraction of sp³-hybridized carbons (Fsp3) is 0.393. The summed E-state index contributed by atoms with van der Waals surface area (Å²) in [5.74, 6) is -0.700. The topological polar surface area (TPSA) is 136 Å². The zero-order valence-corrected chi connectivity index (χ0v) is 24.2. The Morgan fingerprint density at radius 3 is 2.77 bits per heavy atom.